The average molecular weight is 398 g/mol. The Bertz CT molecular complexity index is 1280. The molecule has 0 aliphatic rings. The lowest BCUT2D eigenvalue weighted by Crippen LogP contribution is -2.30. The Kier molecular flexibility index (Phi) is 5.19. The van der Waals surface area contributed by atoms with Gasteiger partial charge in [-0.15, -0.1) is 0 Å². The molecule has 4 rings (SSSR count). The van der Waals surface area contributed by atoms with Crippen LogP contribution in [0.5, 0.6) is 0 Å². The van der Waals surface area contributed by atoms with Crippen molar-refractivity contribution in [3.8, 4) is 6.07 Å². The number of esters is 1. The molecule has 1 amide bonds. The van der Waals surface area contributed by atoms with Crippen molar-refractivity contribution in [2.75, 3.05) is 5.32 Å². The normalized spacial score (nSPS) is 11.7. The fourth-order valence-electron chi connectivity index (χ4n) is 3.32. The first kappa shape index (κ1) is 19.2. The Morgan fingerprint density at radius 2 is 1.87 bits per heavy atom. The highest BCUT2D eigenvalue weighted by Gasteiger charge is 2.20. The molecular weight excluding hydrogens is 380 g/mol. The van der Waals surface area contributed by atoms with E-state index in [0.29, 0.717) is 22.4 Å². The average Bonchev–Trinajstić information content (AvgIpc) is 3.17. The van der Waals surface area contributed by atoms with E-state index in [-0.39, 0.29) is 6.42 Å². The van der Waals surface area contributed by atoms with E-state index in [2.05, 4.69) is 5.32 Å². The third-order valence-corrected chi connectivity index (χ3v) is 4.83. The zero-order valence-electron chi connectivity index (χ0n) is 16.2. The topological polar surface area (TPSA) is 92.3 Å². The van der Waals surface area contributed by atoms with Gasteiger partial charge in [-0.3, -0.25) is 9.59 Å². The molecular formula is C24H18N2O4. The van der Waals surface area contributed by atoms with Crippen molar-refractivity contribution in [1.82, 2.24) is 0 Å². The second-order valence-corrected chi connectivity index (χ2v) is 6.91. The number of nitriles is 1. The standard InChI is InChI=1S/C24H18N2O4/c1-15(24(28)26-19-9-6-16(13-25)7-10-19)30-22(27)12-18-14-29-21-11-8-17-4-2-3-5-20(17)23(18)21/h2-11,14-15H,12H2,1H3,(H,26,28)/t15-/m0/s1. The Morgan fingerprint density at radius 1 is 1.10 bits per heavy atom. The molecule has 0 bridgehead atoms. The number of carbonyl (C=O) groups excluding carboxylic acids is 2. The first-order chi connectivity index (χ1) is 14.5. The lowest BCUT2D eigenvalue weighted by atomic mass is 10.0. The molecule has 0 fully saturated rings. The third kappa shape index (κ3) is 3.87. The molecule has 6 nitrogen and oxygen atoms in total. The number of ether oxygens (including phenoxy) is 1. The molecule has 0 aliphatic carbocycles. The molecule has 1 heterocycles. The van der Waals surface area contributed by atoms with Crippen LogP contribution in [0.25, 0.3) is 21.7 Å². The van der Waals surface area contributed by atoms with Crippen molar-refractivity contribution in [3.05, 3.63) is 78.1 Å². The fourth-order valence-corrected chi connectivity index (χ4v) is 3.32. The molecule has 0 aliphatic heterocycles. The van der Waals surface area contributed by atoms with E-state index in [1.165, 1.54) is 6.92 Å². The van der Waals surface area contributed by atoms with Gasteiger partial charge in [0.2, 0.25) is 0 Å². The van der Waals surface area contributed by atoms with E-state index in [1.807, 2.05) is 42.5 Å². The maximum absolute atomic E-state index is 12.5. The van der Waals surface area contributed by atoms with E-state index in [9.17, 15) is 9.59 Å². The van der Waals surface area contributed by atoms with Gasteiger partial charge in [0.1, 0.15) is 5.58 Å². The second-order valence-electron chi connectivity index (χ2n) is 6.91. The van der Waals surface area contributed by atoms with Gasteiger partial charge in [-0.05, 0) is 48.0 Å². The zero-order valence-corrected chi connectivity index (χ0v) is 16.2. The van der Waals surface area contributed by atoms with Gasteiger partial charge in [-0.2, -0.15) is 5.26 Å². The number of amides is 1. The Morgan fingerprint density at radius 3 is 2.63 bits per heavy atom. The number of furan rings is 1. The van der Waals surface area contributed by atoms with Crippen molar-refractivity contribution in [3.63, 3.8) is 0 Å². The second kappa shape index (κ2) is 8.10. The molecule has 148 valence electrons. The van der Waals surface area contributed by atoms with Gasteiger partial charge < -0.3 is 14.5 Å². The predicted molar refractivity (Wildman–Crippen MR) is 113 cm³/mol. The van der Waals surface area contributed by atoms with Crippen LogP contribution in [0.2, 0.25) is 0 Å². The van der Waals surface area contributed by atoms with Crippen LogP contribution in [0.4, 0.5) is 5.69 Å². The highest BCUT2D eigenvalue weighted by molar-refractivity contribution is 6.08. The lowest BCUT2D eigenvalue weighted by Gasteiger charge is -2.13. The van der Waals surface area contributed by atoms with E-state index in [4.69, 9.17) is 14.4 Å². The summed E-state index contributed by atoms with van der Waals surface area (Å²) in [5.74, 6) is -0.969. The van der Waals surface area contributed by atoms with Gasteiger partial charge in [0.05, 0.1) is 24.3 Å². The number of rotatable bonds is 5. The quantitative estimate of drug-likeness (QED) is 0.497. The first-order valence-electron chi connectivity index (χ1n) is 9.43. The molecule has 1 atom stereocenters. The minimum Gasteiger partial charge on any atom is -0.464 e. The van der Waals surface area contributed by atoms with E-state index >= 15 is 0 Å². The van der Waals surface area contributed by atoms with Crippen LogP contribution in [-0.2, 0) is 20.7 Å². The largest absolute Gasteiger partial charge is 0.464 e. The molecule has 0 saturated carbocycles. The number of carbonyl (C=O) groups is 2. The minimum atomic E-state index is -0.969. The number of hydrogen-bond acceptors (Lipinski definition) is 5. The van der Waals surface area contributed by atoms with Gasteiger partial charge in [0.15, 0.2) is 6.10 Å². The summed E-state index contributed by atoms with van der Waals surface area (Å²) in [5, 5.41) is 14.4. The number of hydrogen-bond donors (Lipinski definition) is 1. The van der Waals surface area contributed by atoms with E-state index in [0.717, 1.165) is 16.2 Å². The van der Waals surface area contributed by atoms with Gasteiger partial charge >= 0.3 is 5.97 Å². The molecule has 0 saturated heterocycles. The maximum Gasteiger partial charge on any atom is 0.311 e. The smallest absolute Gasteiger partial charge is 0.311 e. The van der Waals surface area contributed by atoms with Crippen molar-refractivity contribution in [2.45, 2.75) is 19.4 Å². The van der Waals surface area contributed by atoms with E-state index < -0.39 is 18.0 Å². The van der Waals surface area contributed by atoms with Gasteiger partial charge in [0, 0.05) is 16.6 Å². The Labute approximate surface area is 172 Å². The van der Waals surface area contributed by atoms with Crippen molar-refractivity contribution in [2.24, 2.45) is 0 Å². The number of anilines is 1. The van der Waals surface area contributed by atoms with Crippen LogP contribution in [0.3, 0.4) is 0 Å². The molecule has 1 aromatic heterocycles. The molecule has 3 aromatic carbocycles. The SMILES string of the molecule is C[C@H](OC(=O)Cc1coc2ccc3ccccc3c12)C(=O)Nc1ccc(C#N)cc1. The van der Waals surface area contributed by atoms with Crippen LogP contribution >= 0.6 is 0 Å². The number of nitrogens with zero attached hydrogens (tertiary/aromatic N) is 1. The maximum atomic E-state index is 12.5. The molecule has 0 radical (unpaired) electrons. The third-order valence-electron chi connectivity index (χ3n) is 4.83. The fraction of sp³-hybridized carbons (Fsp3) is 0.125. The van der Waals surface area contributed by atoms with Crippen LogP contribution in [0, 0.1) is 11.3 Å². The predicted octanol–water partition coefficient (Wildman–Crippen LogP) is 4.57. The van der Waals surface area contributed by atoms with Gasteiger partial charge in [-0.1, -0.05) is 30.3 Å². The highest BCUT2D eigenvalue weighted by atomic mass is 16.5. The summed E-state index contributed by atoms with van der Waals surface area (Å²) in [6, 6.07) is 20.2. The molecule has 0 spiro atoms. The summed E-state index contributed by atoms with van der Waals surface area (Å²) < 4.78 is 10.9. The summed E-state index contributed by atoms with van der Waals surface area (Å²) in [6.07, 6.45) is 0.582. The van der Waals surface area contributed by atoms with Crippen LogP contribution in [0.15, 0.2) is 71.3 Å². The number of benzene rings is 3. The van der Waals surface area contributed by atoms with Crippen LogP contribution < -0.4 is 5.32 Å². The molecule has 1 N–H and O–H groups in total. The number of nitrogens with one attached hydrogen (secondary N) is 1. The molecule has 4 aromatic rings. The Balaban J connectivity index is 1.44. The summed E-state index contributed by atoms with van der Waals surface area (Å²) >= 11 is 0. The molecule has 30 heavy (non-hydrogen) atoms. The minimum absolute atomic E-state index is 0.00447. The van der Waals surface area contributed by atoms with Crippen molar-refractivity contribution < 1.29 is 18.7 Å². The summed E-state index contributed by atoms with van der Waals surface area (Å²) in [5.41, 5.74) is 2.43. The van der Waals surface area contributed by atoms with E-state index in [1.54, 1.807) is 30.5 Å². The van der Waals surface area contributed by atoms with Crippen LogP contribution in [0.1, 0.15) is 18.1 Å². The van der Waals surface area contributed by atoms with Crippen molar-refractivity contribution in [1.29, 1.82) is 5.26 Å². The first-order valence-corrected chi connectivity index (χ1v) is 9.43. The van der Waals surface area contributed by atoms with Gasteiger partial charge in [0.25, 0.3) is 5.91 Å². The molecule has 6 heteroatoms. The van der Waals surface area contributed by atoms with Crippen molar-refractivity contribution >= 4 is 39.3 Å². The van der Waals surface area contributed by atoms with Crippen LogP contribution in [-0.4, -0.2) is 18.0 Å². The highest BCUT2D eigenvalue weighted by Crippen LogP contribution is 2.30. The summed E-state index contributed by atoms with van der Waals surface area (Å²) in [6.45, 7) is 1.51. The summed E-state index contributed by atoms with van der Waals surface area (Å²) in [7, 11) is 0. The summed E-state index contributed by atoms with van der Waals surface area (Å²) in [4.78, 5) is 24.8. The monoisotopic (exact) mass is 398 g/mol. The van der Waals surface area contributed by atoms with Gasteiger partial charge in [-0.25, -0.2) is 0 Å². The number of fused-ring (bicyclic) bond motifs is 3. The molecule has 0 unspecified atom stereocenters. The Hall–Kier alpha value is -4.11. The zero-order chi connectivity index (χ0) is 21.1. The lowest BCUT2D eigenvalue weighted by molar-refractivity contribution is -0.152.